The van der Waals surface area contributed by atoms with E-state index in [0.717, 1.165) is 12.2 Å². The highest BCUT2D eigenvalue weighted by Crippen LogP contribution is 2.57. The normalized spacial score (nSPS) is 29.3. The molecule has 2 atom stereocenters. The molecule has 3 rings (SSSR count). The highest BCUT2D eigenvalue weighted by molar-refractivity contribution is 6.21. The Kier molecular flexibility index (Phi) is 3.05. The van der Waals surface area contributed by atoms with E-state index in [0.29, 0.717) is 11.5 Å². The van der Waals surface area contributed by atoms with Crippen LogP contribution in [-0.4, -0.2) is 11.5 Å². The molecule has 1 spiro atoms. The first-order chi connectivity index (χ1) is 8.60. The minimum Gasteiger partial charge on any atom is -0.490 e. The van der Waals surface area contributed by atoms with Crippen molar-refractivity contribution in [1.29, 1.82) is 0 Å². The van der Waals surface area contributed by atoms with Gasteiger partial charge in [0.1, 0.15) is 11.9 Å². The predicted molar refractivity (Wildman–Crippen MR) is 75.5 cm³/mol. The molecule has 1 nitrogen and oxygen atoms in total. The summed E-state index contributed by atoms with van der Waals surface area (Å²) < 4.78 is 6.24. The summed E-state index contributed by atoms with van der Waals surface area (Å²) in [7, 11) is 0. The SMILES string of the molecule is Cc1cc(C)cc(OC2CC(Cl)C23CCCC3)c1. The topological polar surface area (TPSA) is 9.23 Å². The van der Waals surface area contributed by atoms with Crippen molar-refractivity contribution in [3.05, 3.63) is 29.3 Å². The Balaban J connectivity index is 1.77. The molecule has 2 heteroatoms. The van der Waals surface area contributed by atoms with E-state index in [-0.39, 0.29) is 5.41 Å². The standard InChI is InChI=1S/C16H21ClO/c1-11-7-12(2)9-13(8-11)18-15-10-14(17)16(15)5-3-4-6-16/h7-9,14-15H,3-6,10H2,1-2H3. The lowest BCUT2D eigenvalue weighted by Gasteiger charge is -2.51. The van der Waals surface area contributed by atoms with Gasteiger partial charge in [0.05, 0.1) is 0 Å². The Morgan fingerprint density at radius 3 is 2.28 bits per heavy atom. The highest BCUT2D eigenvalue weighted by atomic mass is 35.5. The van der Waals surface area contributed by atoms with Crippen LogP contribution in [0.1, 0.15) is 43.2 Å². The maximum Gasteiger partial charge on any atom is 0.120 e. The minimum atomic E-state index is 0.277. The highest BCUT2D eigenvalue weighted by Gasteiger charge is 2.56. The molecular weight excluding hydrogens is 244 g/mol. The molecule has 98 valence electrons. The van der Waals surface area contributed by atoms with E-state index in [4.69, 9.17) is 16.3 Å². The summed E-state index contributed by atoms with van der Waals surface area (Å²) in [5.41, 5.74) is 2.82. The number of alkyl halides is 1. The number of ether oxygens (including phenoxy) is 1. The van der Waals surface area contributed by atoms with Crippen LogP contribution in [0.15, 0.2) is 18.2 Å². The number of hydrogen-bond donors (Lipinski definition) is 0. The van der Waals surface area contributed by atoms with E-state index in [1.54, 1.807) is 0 Å². The van der Waals surface area contributed by atoms with Crippen molar-refractivity contribution >= 4 is 11.6 Å². The second-order valence-electron chi connectivity index (χ2n) is 6.07. The van der Waals surface area contributed by atoms with Crippen molar-refractivity contribution in [2.75, 3.05) is 0 Å². The maximum atomic E-state index is 6.46. The second-order valence-corrected chi connectivity index (χ2v) is 6.60. The summed E-state index contributed by atoms with van der Waals surface area (Å²) in [6, 6.07) is 6.46. The third-order valence-corrected chi connectivity index (χ3v) is 5.31. The van der Waals surface area contributed by atoms with Crippen LogP contribution >= 0.6 is 11.6 Å². The third kappa shape index (κ3) is 1.93. The van der Waals surface area contributed by atoms with Gasteiger partial charge in [-0.1, -0.05) is 18.9 Å². The average Bonchev–Trinajstić information content (AvgIpc) is 2.79. The number of rotatable bonds is 2. The van der Waals surface area contributed by atoms with Gasteiger partial charge in [0, 0.05) is 17.2 Å². The van der Waals surface area contributed by atoms with Gasteiger partial charge in [-0.15, -0.1) is 11.6 Å². The van der Waals surface area contributed by atoms with Gasteiger partial charge in [0.2, 0.25) is 0 Å². The molecule has 0 saturated heterocycles. The summed E-state index contributed by atoms with van der Waals surface area (Å²) >= 11 is 6.46. The van der Waals surface area contributed by atoms with Gasteiger partial charge >= 0.3 is 0 Å². The predicted octanol–water partition coefficient (Wildman–Crippen LogP) is 4.62. The summed E-state index contributed by atoms with van der Waals surface area (Å²) in [5.74, 6) is 1.02. The summed E-state index contributed by atoms with van der Waals surface area (Å²) in [5, 5.41) is 0.330. The van der Waals surface area contributed by atoms with Crippen LogP contribution in [0.5, 0.6) is 5.75 Å². The summed E-state index contributed by atoms with van der Waals surface area (Å²) in [4.78, 5) is 0. The van der Waals surface area contributed by atoms with Crippen molar-refractivity contribution in [2.45, 2.75) is 57.4 Å². The van der Waals surface area contributed by atoms with Crippen LogP contribution in [0, 0.1) is 19.3 Å². The van der Waals surface area contributed by atoms with Crippen LogP contribution in [-0.2, 0) is 0 Å². The zero-order valence-corrected chi connectivity index (χ0v) is 12.0. The number of benzene rings is 1. The molecule has 18 heavy (non-hydrogen) atoms. The van der Waals surface area contributed by atoms with Gasteiger partial charge in [0.15, 0.2) is 0 Å². The molecule has 1 aromatic carbocycles. The largest absolute Gasteiger partial charge is 0.490 e. The first-order valence-corrected chi connectivity index (χ1v) is 7.43. The van der Waals surface area contributed by atoms with Crippen LogP contribution in [0.3, 0.4) is 0 Å². The molecule has 0 heterocycles. The fourth-order valence-corrected chi connectivity index (χ4v) is 4.22. The zero-order chi connectivity index (χ0) is 12.8. The Labute approximate surface area is 114 Å². The van der Waals surface area contributed by atoms with Gasteiger partial charge in [-0.25, -0.2) is 0 Å². The molecule has 0 radical (unpaired) electrons. The molecule has 0 aliphatic heterocycles. The second kappa shape index (κ2) is 4.45. The lowest BCUT2D eigenvalue weighted by molar-refractivity contribution is -0.0355. The van der Waals surface area contributed by atoms with Crippen LogP contribution < -0.4 is 4.74 Å². The van der Waals surface area contributed by atoms with Crippen LogP contribution in [0.25, 0.3) is 0 Å². The van der Waals surface area contributed by atoms with E-state index < -0.39 is 0 Å². The van der Waals surface area contributed by atoms with E-state index in [2.05, 4.69) is 32.0 Å². The van der Waals surface area contributed by atoms with Gasteiger partial charge in [-0.2, -0.15) is 0 Å². The first-order valence-electron chi connectivity index (χ1n) is 6.99. The lowest BCUT2D eigenvalue weighted by atomic mass is 9.64. The first kappa shape index (κ1) is 12.3. The van der Waals surface area contributed by atoms with Crippen molar-refractivity contribution in [3.63, 3.8) is 0 Å². The van der Waals surface area contributed by atoms with Gasteiger partial charge < -0.3 is 4.74 Å². The molecule has 2 saturated carbocycles. The monoisotopic (exact) mass is 264 g/mol. The molecule has 0 N–H and O–H groups in total. The lowest BCUT2D eigenvalue weighted by Crippen LogP contribution is -2.55. The maximum absolute atomic E-state index is 6.46. The average molecular weight is 265 g/mol. The quantitative estimate of drug-likeness (QED) is 0.708. The summed E-state index contributed by atoms with van der Waals surface area (Å²) in [6.45, 7) is 4.24. The molecule has 0 amide bonds. The van der Waals surface area contributed by atoms with E-state index in [9.17, 15) is 0 Å². The van der Waals surface area contributed by atoms with E-state index >= 15 is 0 Å². The molecule has 0 bridgehead atoms. The Morgan fingerprint density at radius 2 is 1.72 bits per heavy atom. The van der Waals surface area contributed by atoms with Crippen LogP contribution in [0.2, 0.25) is 0 Å². The van der Waals surface area contributed by atoms with E-state index in [1.807, 2.05) is 0 Å². The molecule has 2 unspecified atom stereocenters. The Bertz CT molecular complexity index is 428. The zero-order valence-electron chi connectivity index (χ0n) is 11.2. The van der Waals surface area contributed by atoms with Crippen molar-refractivity contribution in [2.24, 2.45) is 5.41 Å². The number of aryl methyl sites for hydroxylation is 2. The number of halogens is 1. The van der Waals surface area contributed by atoms with Gasteiger partial charge in [-0.05, 0) is 49.9 Å². The fraction of sp³-hybridized carbons (Fsp3) is 0.625. The van der Waals surface area contributed by atoms with E-state index in [1.165, 1.54) is 36.8 Å². The minimum absolute atomic E-state index is 0.277. The molecule has 1 aromatic rings. The molecular formula is C16H21ClO. The smallest absolute Gasteiger partial charge is 0.120 e. The Hall–Kier alpha value is -0.690. The van der Waals surface area contributed by atoms with Crippen molar-refractivity contribution < 1.29 is 4.74 Å². The molecule has 0 aromatic heterocycles. The van der Waals surface area contributed by atoms with Gasteiger partial charge in [0.25, 0.3) is 0 Å². The molecule has 2 fully saturated rings. The number of hydrogen-bond acceptors (Lipinski definition) is 1. The molecule has 2 aliphatic carbocycles. The van der Waals surface area contributed by atoms with Crippen molar-refractivity contribution in [1.82, 2.24) is 0 Å². The third-order valence-electron chi connectivity index (χ3n) is 4.69. The molecule has 2 aliphatic rings. The fourth-order valence-electron chi connectivity index (χ4n) is 3.70. The van der Waals surface area contributed by atoms with Crippen molar-refractivity contribution in [3.8, 4) is 5.75 Å². The Morgan fingerprint density at radius 1 is 1.11 bits per heavy atom. The van der Waals surface area contributed by atoms with Gasteiger partial charge in [-0.3, -0.25) is 0 Å². The summed E-state index contributed by atoms with van der Waals surface area (Å²) in [6.07, 6.45) is 6.47. The van der Waals surface area contributed by atoms with Crippen LogP contribution in [0.4, 0.5) is 0 Å².